The summed E-state index contributed by atoms with van der Waals surface area (Å²) in [6.45, 7) is 0.444. The number of nitrogens with two attached hydrogens (primary N) is 1. The van der Waals surface area contributed by atoms with Crippen LogP contribution in [0, 0.1) is 0 Å². The SMILES string of the molecule is NC(=O)c1cccc2c(NCc3cccc(NC(=O)c4ccc(Cl)nc4)c3)ncnc12. The van der Waals surface area contributed by atoms with Gasteiger partial charge in [-0.15, -0.1) is 0 Å². The highest BCUT2D eigenvalue weighted by Gasteiger charge is 2.11. The molecule has 0 aliphatic rings. The van der Waals surface area contributed by atoms with Gasteiger partial charge < -0.3 is 16.4 Å². The Morgan fingerprint density at radius 3 is 2.61 bits per heavy atom. The predicted molar refractivity (Wildman–Crippen MR) is 119 cm³/mol. The molecule has 4 aromatic rings. The van der Waals surface area contributed by atoms with Crippen LogP contribution in [-0.2, 0) is 6.54 Å². The fourth-order valence-corrected chi connectivity index (χ4v) is 3.20. The molecule has 9 heteroatoms. The number of primary amides is 1. The molecular weight excluding hydrogens is 416 g/mol. The zero-order chi connectivity index (χ0) is 21.8. The smallest absolute Gasteiger partial charge is 0.257 e. The first-order valence-corrected chi connectivity index (χ1v) is 9.68. The lowest BCUT2D eigenvalue weighted by Gasteiger charge is -2.11. The highest BCUT2D eigenvalue weighted by molar-refractivity contribution is 6.29. The number of carbonyl (C=O) groups excluding carboxylic acids is 2. The average Bonchev–Trinajstić information content (AvgIpc) is 2.77. The standard InChI is InChI=1S/C22H17ClN6O2/c23-18-8-7-14(11-25-18)22(31)29-15-4-1-3-13(9-15)10-26-21-17-6-2-5-16(20(24)30)19(17)27-12-28-21/h1-9,11-12H,10H2,(H2,24,30)(H,29,31)(H,26,27,28). The van der Waals surface area contributed by atoms with Crippen molar-refractivity contribution >= 4 is 45.8 Å². The van der Waals surface area contributed by atoms with Crippen molar-refractivity contribution in [1.29, 1.82) is 0 Å². The van der Waals surface area contributed by atoms with Crippen molar-refractivity contribution in [1.82, 2.24) is 15.0 Å². The molecule has 0 aliphatic carbocycles. The van der Waals surface area contributed by atoms with Crippen molar-refractivity contribution < 1.29 is 9.59 Å². The highest BCUT2D eigenvalue weighted by Crippen LogP contribution is 2.23. The van der Waals surface area contributed by atoms with E-state index < -0.39 is 5.91 Å². The van der Waals surface area contributed by atoms with Gasteiger partial charge in [0.1, 0.15) is 17.3 Å². The molecule has 0 spiro atoms. The maximum Gasteiger partial charge on any atom is 0.257 e. The zero-order valence-electron chi connectivity index (χ0n) is 16.2. The van der Waals surface area contributed by atoms with Crippen LogP contribution in [0.3, 0.4) is 0 Å². The Hall–Kier alpha value is -4.04. The van der Waals surface area contributed by atoms with Gasteiger partial charge in [-0.05, 0) is 42.0 Å². The van der Waals surface area contributed by atoms with Crippen LogP contribution in [0.5, 0.6) is 0 Å². The summed E-state index contributed by atoms with van der Waals surface area (Å²) in [5.74, 6) is -0.251. The van der Waals surface area contributed by atoms with Gasteiger partial charge in [-0.25, -0.2) is 15.0 Å². The van der Waals surface area contributed by atoms with Gasteiger partial charge in [0.05, 0.1) is 16.6 Å². The number of anilines is 2. The second-order valence-electron chi connectivity index (χ2n) is 6.67. The van der Waals surface area contributed by atoms with Gasteiger partial charge in [-0.1, -0.05) is 29.8 Å². The van der Waals surface area contributed by atoms with E-state index >= 15 is 0 Å². The third-order valence-corrected chi connectivity index (χ3v) is 4.79. The van der Waals surface area contributed by atoms with E-state index in [-0.39, 0.29) is 5.91 Å². The lowest BCUT2D eigenvalue weighted by atomic mass is 10.1. The maximum absolute atomic E-state index is 12.4. The van der Waals surface area contributed by atoms with Gasteiger partial charge in [0, 0.05) is 23.8 Å². The van der Waals surface area contributed by atoms with Gasteiger partial charge in [0.25, 0.3) is 11.8 Å². The van der Waals surface area contributed by atoms with E-state index in [0.29, 0.717) is 45.2 Å². The van der Waals surface area contributed by atoms with Crippen LogP contribution in [0.4, 0.5) is 11.5 Å². The number of aromatic nitrogens is 3. The third kappa shape index (κ3) is 4.59. The summed E-state index contributed by atoms with van der Waals surface area (Å²) in [5, 5.41) is 7.10. The molecule has 2 amide bonds. The van der Waals surface area contributed by atoms with E-state index in [9.17, 15) is 9.59 Å². The van der Waals surface area contributed by atoms with Crippen LogP contribution in [0.15, 0.2) is 67.1 Å². The van der Waals surface area contributed by atoms with E-state index in [1.165, 1.54) is 12.5 Å². The molecule has 4 N–H and O–H groups in total. The minimum atomic E-state index is -0.547. The molecule has 0 radical (unpaired) electrons. The summed E-state index contributed by atoms with van der Waals surface area (Å²) in [6, 6.07) is 15.8. The lowest BCUT2D eigenvalue weighted by molar-refractivity contribution is 0.0998. The van der Waals surface area contributed by atoms with Crippen molar-refractivity contribution in [2.24, 2.45) is 5.73 Å². The van der Waals surface area contributed by atoms with E-state index in [1.54, 1.807) is 30.3 Å². The number of rotatable bonds is 6. The van der Waals surface area contributed by atoms with Crippen LogP contribution >= 0.6 is 11.6 Å². The molecule has 0 fully saturated rings. The van der Waals surface area contributed by atoms with E-state index in [1.807, 2.05) is 24.3 Å². The first-order valence-electron chi connectivity index (χ1n) is 9.30. The summed E-state index contributed by atoms with van der Waals surface area (Å²) >= 11 is 5.76. The summed E-state index contributed by atoms with van der Waals surface area (Å²) < 4.78 is 0. The Labute approximate surface area is 182 Å². The second kappa shape index (κ2) is 8.76. The molecule has 0 atom stereocenters. The first kappa shape index (κ1) is 20.2. The molecule has 2 heterocycles. The molecule has 2 aromatic heterocycles. The molecule has 154 valence electrons. The molecule has 0 unspecified atom stereocenters. The molecule has 0 saturated heterocycles. The first-order chi connectivity index (χ1) is 15.0. The number of carbonyl (C=O) groups is 2. The zero-order valence-corrected chi connectivity index (χ0v) is 16.9. The van der Waals surface area contributed by atoms with Crippen molar-refractivity contribution in [2.45, 2.75) is 6.54 Å². The van der Waals surface area contributed by atoms with Crippen molar-refractivity contribution in [3.05, 3.63) is 89.0 Å². The molecular formula is C22H17ClN6O2. The molecule has 31 heavy (non-hydrogen) atoms. The van der Waals surface area contributed by atoms with Crippen LogP contribution in [0.25, 0.3) is 10.9 Å². The lowest BCUT2D eigenvalue weighted by Crippen LogP contribution is -2.13. The average molecular weight is 433 g/mol. The number of pyridine rings is 1. The van der Waals surface area contributed by atoms with E-state index in [4.69, 9.17) is 17.3 Å². The van der Waals surface area contributed by atoms with Crippen LogP contribution in [0.2, 0.25) is 5.15 Å². The van der Waals surface area contributed by atoms with Gasteiger partial charge in [-0.2, -0.15) is 0 Å². The number of nitrogens with zero attached hydrogens (tertiary/aromatic N) is 3. The Kier molecular flexibility index (Phi) is 5.72. The highest BCUT2D eigenvalue weighted by atomic mass is 35.5. The molecule has 2 aromatic carbocycles. The second-order valence-corrected chi connectivity index (χ2v) is 7.05. The molecule has 4 rings (SSSR count). The van der Waals surface area contributed by atoms with Crippen LogP contribution in [0.1, 0.15) is 26.3 Å². The van der Waals surface area contributed by atoms with Gasteiger partial charge in [-0.3, -0.25) is 9.59 Å². The minimum Gasteiger partial charge on any atom is -0.366 e. The number of hydrogen-bond donors (Lipinski definition) is 3. The largest absolute Gasteiger partial charge is 0.366 e. The third-order valence-electron chi connectivity index (χ3n) is 4.56. The minimum absolute atomic E-state index is 0.282. The fourth-order valence-electron chi connectivity index (χ4n) is 3.09. The Morgan fingerprint density at radius 2 is 1.84 bits per heavy atom. The van der Waals surface area contributed by atoms with E-state index in [0.717, 1.165) is 5.56 Å². The molecule has 0 aliphatic heterocycles. The predicted octanol–water partition coefficient (Wildman–Crippen LogP) is 3.64. The molecule has 8 nitrogen and oxygen atoms in total. The number of nitrogens with one attached hydrogen (secondary N) is 2. The summed E-state index contributed by atoms with van der Waals surface area (Å²) in [4.78, 5) is 36.4. The van der Waals surface area contributed by atoms with Crippen molar-refractivity contribution in [2.75, 3.05) is 10.6 Å². The van der Waals surface area contributed by atoms with Crippen molar-refractivity contribution in [3.8, 4) is 0 Å². The van der Waals surface area contributed by atoms with Crippen molar-refractivity contribution in [3.63, 3.8) is 0 Å². The molecule has 0 saturated carbocycles. The normalized spacial score (nSPS) is 10.6. The number of hydrogen-bond acceptors (Lipinski definition) is 6. The number of para-hydroxylation sites is 1. The Bertz CT molecular complexity index is 1280. The monoisotopic (exact) mass is 432 g/mol. The fraction of sp³-hybridized carbons (Fsp3) is 0.0455. The van der Waals surface area contributed by atoms with Gasteiger partial charge in [0.2, 0.25) is 0 Å². The quantitative estimate of drug-likeness (QED) is 0.400. The van der Waals surface area contributed by atoms with Crippen LogP contribution < -0.4 is 16.4 Å². The molecule has 0 bridgehead atoms. The number of fused-ring (bicyclic) bond motifs is 1. The Balaban J connectivity index is 1.50. The number of amides is 2. The van der Waals surface area contributed by atoms with Crippen LogP contribution in [-0.4, -0.2) is 26.8 Å². The number of halogens is 1. The Morgan fingerprint density at radius 1 is 1.00 bits per heavy atom. The number of benzene rings is 2. The topological polar surface area (TPSA) is 123 Å². The van der Waals surface area contributed by atoms with Gasteiger partial charge in [0.15, 0.2) is 0 Å². The van der Waals surface area contributed by atoms with Gasteiger partial charge >= 0.3 is 0 Å². The summed E-state index contributed by atoms with van der Waals surface area (Å²) in [6.07, 6.45) is 2.80. The maximum atomic E-state index is 12.4. The summed E-state index contributed by atoms with van der Waals surface area (Å²) in [7, 11) is 0. The van der Waals surface area contributed by atoms with E-state index in [2.05, 4.69) is 25.6 Å². The summed E-state index contributed by atoms with van der Waals surface area (Å²) in [5.41, 5.74) is 8.23.